The molecule has 0 saturated heterocycles. The summed E-state index contributed by atoms with van der Waals surface area (Å²) >= 11 is 0. The van der Waals surface area contributed by atoms with Gasteiger partial charge in [-0.3, -0.25) is 9.79 Å². The van der Waals surface area contributed by atoms with Crippen LogP contribution in [0.25, 0.3) is 0 Å². The van der Waals surface area contributed by atoms with Crippen molar-refractivity contribution >= 4 is 11.5 Å². The third-order valence-electron chi connectivity index (χ3n) is 1.20. The molecule has 0 aromatic heterocycles. The molecule has 0 fully saturated rings. The Labute approximate surface area is 67.1 Å². The largest absolute Gasteiger partial charge is 0.396 e. The van der Waals surface area contributed by atoms with Crippen LogP contribution >= 0.6 is 0 Å². The normalized spacial score (nSPS) is 11.7. The quantitative estimate of drug-likeness (QED) is 0.474. The number of ketones is 1. The van der Waals surface area contributed by atoms with Crippen molar-refractivity contribution < 1.29 is 9.90 Å². The summed E-state index contributed by atoms with van der Waals surface area (Å²) in [6.07, 6.45) is 1.11. The molecule has 0 bridgehead atoms. The lowest BCUT2D eigenvalue weighted by Gasteiger charge is -1.95. The summed E-state index contributed by atoms with van der Waals surface area (Å²) in [5.41, 5.74) is 0.853. The van der Waals surface area contributed by atoms with E-state index in [9.17, 15) is 4.79 Å². The van der Waals surface area contributed by atoms with E-state index in [4.69, 9.17) is 5.11 Å². The zero-order chi connectivity index (χ0) is 8.69. The van der Waals surface area contributed by atoms with Crippen LogP contribution in [-0.4, -0.2) is 29.8 Å². The minimum absolute atomic E-state index is 0.134. The average molecular weight is 157 g/mol. The highest BCUT2D eigenvalue weighted by Crippen LogP contribution is 1.89. The SMILES string of the molecule is CC(=O)CC(C)=NCCCO. The first-order chi connectivity index (χ1) is 5.16. The second-order valence-electron chi connectivity index (χ2n) is 2.57. The topological polar surface area (TPSA) is 49.7 Å². The molecule has 0 aliphatic rings. The fraction of sp³-hybridized carbons (Fsp3) is 0.750. The molecule has 0 spiro atoms. The number of Topliss-reactive ketones (excluding diaryl/α,β-unsaturated/α-hetero) is 1. The van der Waals surface area contributed by atoms with Crippen LogP contribution in [0.2, 0.25) is 0 Å². The van der Waals surface area contributed by atoms with Crippen molar-refractivity contribution in [1.82, 2.24) is 0 Å². The van der Waals surface area contributed by atoms with Crippen LogP contribution in [0.5, 0.6) is 0 Å². The molecule has 11 heavy (non-hydrogen) atoms. The van der Waals surface area contributed by atoms with E-state index in [2.05, 4.69) is 4.99 Å². The van der Waals surface area contributed by atoms with E-state index in [1.165, 1.54) is 0 Å². The van der Waals surface area contributed by atoms with Crippen molar-refractivity contribution in [3.63, 3.8) is 0 Å². The van der Waals surface area contributed by atoms with Gasteiger partial charge >= 0.3 is 0 Å². The van der Waals surface area contributed by atoms with Gasteiger partial charge < -0.3 is 5.11 Å². The average Bonchev–Trinajstić information content (AvgIpc) is 1.86. The van der Waals surface area contributed by atoms with Crippen LogP contribution in [0.3, 0.4) is 0 Å². The van der Waals surface area contributed by atoms with Gasteiger partial charge in [0.2, 0.25) is 0 Å². The summed E-state index contributed by atoms with van der Waals surface area (Å²) in [6, 6.07) is 0. The second kappa shape index (κ2) is 6.04. The Kier molecular flexibility index (Phi) is 5.65. The molecule has 0 atom stereocenters. The van der Waals surface area contributed by atoms with Crippen LogP contribution in [-0.2, 0) is 4.79 Å². The summed E-state index contributed by atoms with van der Waals surface area (Å²) in [4.78, 5) is 14.6. The van der Waals surface area contributed by atoms with Gasteiger partial charge in [-0.05, 0) is 20.3 Å². The maximum absolute atomic E-state index is 10.6. The lowest BCUT2D eigenvalue weighted by atomic mass is 10.2. The van der Waals surface area contributed by atoms with Crippen molar-refractivity contribution in [2.24, 2.45) is 4.99 Å². The third kappa shape index (κ3) is 7.19. The molecule has 0 heterocycles. The van der Waals surface area contributed by atoms with Crippen LogP contribution in [0, 0.1) is 0 Å². The maximum Gasteiger partial charge on any atom is 0.135 e. The molecule has 0 amide bonds. The molecular formula is C8H15NO2. The predicted molar refractivity (Wildman–Crippen MR) is 45.0 cm³/mol. The van der Waals surface area contributed by atoms with E-state index < -0.39 is 0 Å². The summed E-state index contributed by atoms with van der Waals surface area (Å²) in [6.45, 7) is 4.16. The maximum atomic E-state index is 10.6. The van der Waals surface area contributed by atoms with E-state index in [0.29, 0.717) is 19.4 Å². The molecule has 0 saturated carbocycles. The van der Waals surface area contributed by atoms with E-state index in [0.717, 1.165) is 5.71 Å². The summed E-state index contributed by atoms with van der Waals surface area (Å²) in [5.74, 6) is 0.134. The van der Waals surface area contributed by atoms with Crippen molar-refractivity contribution in [3.8, 4) is 0 Å². The van der Waals surface area contributed by atoms with Gasteiger partial charge in [0.25, 0.3) is 0 Å². The molecule has 0 aromatic rings. The number of hydrogen-bond donors (Lipinski definition) is 1. The zero-order valence-electron chi connectivity index (χ0n) is 7.13. The Morgan fingerprint density at radius 3 is 2.55 bits per heavy atom. The standard InChI is InChI=1S/C8H15NO2/c1-7(6-8(2)11)9-4-3-5-10/h10H,3-6H2,1-2H3. The molecule has 0 aromatic carbocycles. The Hall–Kier alpha value is -0.700. The van der Waals surface area contributed by atoms with E-state index >= 15 is 0 Å². The van der Waals surface area contributed by atoms with Crippen molar-refractivity contribution in [1.29, 1.82) is 0 Å². The molecule has 0 aliphatic heterocycles. The Balaban J connectivity index is 3.54. The first-order valence-electron chi connectivity index (χ1n) is 3.77. The second-order valence-corrected chi connectivity index (χ2v) is 2.57. The number of nitrogens with zero attached hydrogens (tertiary/aromatic N) is 1. The molecular weight excluding hydrogens is 142 g/mol. The minimum Gasteiger partial charge on any atom is -0.396 e. The lowest BCUT2D eigenvalue weighted by molar-refractivity contribution is -0.115. The van der Waals surface area contributed by atoms with Crippen LogP contribution in [0.1, 0.15) is 26.7 Å². The zero-order valence-corrected chi connectivity index (χ0v) is 7.13. The minimum atomic E-state index is 0.134. The third-order valence-corrected chi connectivity index (χ3v) is 1.20. The fourth-order valence-electron chi connectivity index (χ4n) is 0.757. The molecule has 0 rings (SSSR count). The van der Waals surface area contributed by atoms with Crippen molar-refractivity contribution in [3.05, 3.63) is 0 Å². The molecule has 1 N–H and O–H groups in total. The van der Waals surface area contributed by atoms with Gasteiger partial charge in [0, 0.05) is 25.3 Å². The number of aliphatic hydroxyl groups is 1. The van der Waals surface area contributed by atoms with Crippen LogP contribution in [0.15, 0.2) is 4.99 Å². The van der Waals surface area contributed by atoms with Gasteiger partial charge in [-0.1, -0.05) is 0 Å². The monoisotopic (exact) mass is 157 g/mol. The smallest absolute Gasteiger partial charge is 0.135 e. The van der Waals surface area contributed by atoms with Gasteiger partial charge in [0.1, 0.15) is 5.78 Å². The van der Waals surface area contributed by atoms with E-state index in [-0.39, 0.29) is 12.4 Å². The van der Waals surface area contributed by atoms with Gasteiger partial charge in [0.05, 0.1) is 0 Å². The highest BCUT2D eigenvalue weighted by Gasteiger charge is 1.95. The summed E-state index contributed by atoms with van der Waals surface area (Å²) in [7, 11) is 0. The Morgan fingerprint density at radius 2 is 2.09 bits per heavy atom. The molecule has 0 aliphatic carbocycles. The number of carbonyl (C=O) groups is 1. The highest BCUT2D eigenvalue weighted by molar-refractivity contribution is 5.99. The molecule has 3 nitrogen and oxygen atoms in total. The number of hydrogen-bond acceptors (Lipinski definition) is 3. The number of aliphatic imine (C=N–C) groups is 1. The molecule has 0 radical (unpaired) electrons. The molecule has 64 valence electrons. The first kappa shape index (κ1) is 10.3. The van der Waals surface area contributed by atoms with Gasteiger partial charge in [-0.25, -0.2) is 0 Å². The van der Waals surface area contributed by atoms with Crippen LogP contribution in [0.4, 0.5) is 0 Å². The molecule has 3 heteroatoms. The Morgan fingerprint density at radius 1 is 1.45 bits per heavy atom. The van der Waals surface area contributed by atoms with E-state index in [1.54, 1.807) is 6.92 Å². The Bertz CT molecular complexity index is 152. The summed E-state index contributed by atoms with van der Waals surface area (Å²) < 4.78 is 0. The van der Waals surface area contributed by atoms with Gasteiger partial charge in [0.15, 0.2) is 0 Å². The molecule has 0 unspecified atom stereocenters. The van der Waals surface area contributed by atoms with E-state index in [1.807, 2.05) is 6.92 Å². The van der Waals surface area contributed by atoms with Crippen molar-refractivity contribution in [2.75, 3.05) is 13.2 Å². The lowest BCUT2D eigenvalue weighted by Crippen LogP contribution is -2.01. The predicted octanol–water partition coefficient (Wildman–Crippen LogP) is 0.809. The van der Waals surface area contributed by atoms with Gasteiger partial charge in [-0.15, -0.1) is 0 Å². The highest BCUT2D eigenvalue weighted by atomic mass is 16.3. The number of aliphatic hydroxyl groups excluding tert-OH is 1. The van der Waals surface area contributed by atoms with Crippen LogP contribution < -0.4 is 0 Å². The van der Waals surface area contributed by atoms with Crippen molar-refractivity contribution in [2.45, 2.75) is 26.7 Å². The number of carbonyl (C=O) groups excluding carboxylic acids is 1. The number of rotatable bonds is 5. The first-order valence-corrected chi connectivity index (χ1v) is 3.77. The fourth-order valence-corrected chi connectivity index (χ4v) is 0.757. The summed E-state index contributed by atoms with van der Waals surface area (Å²) in [5, 5.41) is 8.42. The van der Waals surface area contributed by atoms with Gasteiger partial charge in [-0.2, -0.15) is 0 Å².